The molecule has 4 rings (SSSR count). The Hall–Kier alpha value is -3.69. The van der Waals surface area contributed by atoms with Crippen LogP contribution in [-0.2, 0) is 12.4 Å². The van der Waals surface area contributed by atoms with E-state index in [2.05, 4.69) is 20.3 Å². The SMILES string of the molecule is FC(F)(F)c1ccc(Nc2ncnc3cc(-c4cnccc4C(F)(F)F)ccc23)cc1. The average Bonchev–Trinajstić information content (AvgIpc) is 2.73. The molecule has 10 heteroatoms. The number of alkyl halides is 6. The number of aromatic nitrogens is 3. The highest BCUT2D eigenvalue weighted by Gasteiger charge is 2.33. The summed E-state index contributed by atoms with van der Waals surface area (Å²) >= 11 is 0. The average molecular weight is 434 g/mol. The Morgan fingerprint density at radius 1 is 0.774 bits per heavy atom. The third kappa shape index (κ3) is 4.27. The first kappa shape index (κ1) is 20.6. The lowest BCUT2D eigenvalue weighted by molar-refractivity contribution is -0.138. The number of benzene rings is 2. The first-order valence-corrected chi connectivity index (χ1v) is 8.83. The lowest BCUT2D eigenvalue weighted by Crippen LogP contribution is -2.07. The smallest absolute Gasteiger partial charge is 0.340 e. The Kier molecular flexibility index (Phi) is 5.00. The van der Waals surface area contributed by atoms with Crippen LogP contribution < -0.4 is 5.32 Å². The van der Waals surface area contributed by atoms with Crippen molar-refractivity contribution >= 4 is 22.4 Å². The second-order valence-corrected chi connectivity index (χ2v) is 6.57. The number of hydrogen-bond acceptors (Lipinski definition) is 4. The summed E-state index contributed by atoms with van der Waals surface area (Å²) in [5.41, 5.74) is -0.700. The molecule has 0 aliphatic rings. The molecule has 0 radical (unpaired) electrons. The van der Waals surface area contributed by atoms with E-state index < -0.39 is 23.5 Å². The molecule has 4 nitrogen and oxygen atoms in total. The molecule has 0 fully saturated rings. The Balaban J connectivity index is 1.70. The number of anilines is 2. The van der Waals surface area contributed by atoms with Crippen molar-refractivity contribution in [3.05, 3.63) is 78.4 Å². The van der Waals surface area contributed by atoms with Crippen molar-refractivity contribution in [2.75, 3.05) is 5.32 Å². The van der Waals surface area contributed by atoms with Gasteiger partial charge in [-0.25, -0.2) is 9.97 Å². The van der Waals surface area contributed by atoms with Gasteiger partial charge in [-0.3, -0.25) is 4.98 Å². The minimum Gasteiger partial charge on any atom is -0.340 e. The van der Waals surface area contributed by atoms with Crippen LogP contribution in [0.25, 0.3) is 22.0 Å². The van der Waals surface area contributed by atoms with Crippen molar-refractivity contribution in [1.29, 1.82) is 0 Å². The second kappa shape index (κ2) is 7.53. The summed E-state index contributed by atoms with van der Waals surface area (Å²) < 4.78 is 78.1. The molecule has 0 aliphatic carbocycles. The number of nitrogens with one attached hydrogen (secondary N) is 1. The second-order valence-electron chi connectivity index (χ2n) is 6.57. The van der Waals surface area contributed by atoms with Gasteiger partial charge in [0.05, 0.1) is 16.6 Å². The van der Waals surface area contributed by atoms with Crippen molar-refractivity contribution in [3.63, 3.8) is 0 Å². The van der Waals surface area contributed by atoms with E-state index in [9.17, 15) is 26.3 Å². The van der Waals surface area contributed by atoms with Gasteiger partial charge in [0.1, 0.15) is 12.1 Å². The Bertz CT molecular complexity index is 1230. The van der Waals surface area contributed by atoms with Crippen LogP contribution in [0.3, 0.4) is 0 Å². The van der Waals surface area contributed by atoms with E-state index in [0.717, 1.165) is 30.6 Å². The highest BCUT2D eigenvalue weighted by Crippen LogP contribution is 2.37. The molecule has 0 amide bonds. The first-order chi connectivity index (χ1) is 14.6. The normalized spacial score (nSPS) is 12.2. The zero-order valence-electron chi connectivity index (χ0n) is 15.5. The Morgan fingerprint density at radius 3 is 2.19 bits per heavy atom. The Morgan fingerprint density at radius 2 is 1.52 bits per heavy atom. The van der Waals surface area contributed by atoms with Crippen molar-refractivity contribution < 1.29 is 26.3 Å². The molecule has 2 aromatic heterocycles. The lowest BCUT2D eigenvalue weighted by Gasteiger charge is -2.13. The summed E-state index contributed by atoms with van der Waals surface area (Å²) in [6, 6.07) is 9.79. The summed E-state index contributed by atoms with van der Waals surface area (Å²) in [6.07, 6.45) is -5.58. The van der Waals surface area contributed by atoms with Gasteiger partial charge in [0, 0.05) is 29.0 Å². The summed E-state index contributed by atoms with van der Waals surface area (Å²) in [4.78, 5) is 12.0. The van der Waals surface area contributed by atoms with Crippen LogP contribution in [0.15, 0.2) is 67.3 Å². The molecule has 158 valence electrons. The van der Waals surface area contributed by atoms with E-state index in [4.69, 9.17) is 0 Å². The number of fused-ring (bicyclic) bond motifs is 1. The molecule has 0 bridgehead atoms. The van der Waals surface area contributed by atoms with E-state index in [1.54, 1.807) is 6.07 Å². The molecule has 31 heavy (non-hydrogen) atoms. The summed E-state index contributed by atoms with van der Waals surface area (Å²) in [7, 11) is 0. The predicted molar refractivity (Wildman–Crippen MR) is 102 cm³/mol. The van der Waals surface area contributed by atoms with Crippen LogP contribution in [0.5, 0.6) is 0 Å². The van der Waals surface area contributed by atoms with Gasteiger partial charge in [0.15, 0.2) is 0 Å². The monoisotopic (exact) mass is 434 g/mol. The number of pyridine rings is 1. The molecule has 2 heterocycles. The van der Waals surface area contributed by atoms with Crippen molar-refractivity contribution in [1.82, 2.24) is 15.0 Å². The molecular formula is C21H12F6N4. The van der Waals surface area contributed by atoms with Gasteiger partial charge in [0.2, 0.25) is 0 Å². The third-order valence-corrected chi connectivity index (χ3v) is 4.55. The maximum Gasteiger partial charge on any atom is 0.417 e. The van der Waals surface area contributed by atoms with E-state index in [-0.39, 0.29) is 11.1 Å². The molecule has 0 saturated heterocycles. The molecule has 0 spiro atoms. The van der Waals surface area contributed by atoms with Crippen molar-refractivity contribution in [2.45, 2.75) is 12.4 Å². The zero-order chi connectivity index (χ0) is 22.2. The van der Waals surface area contributed by atoms with E-state index in [0.29, 0.717) is 22.4 Å². The highest BCUT2D eigenvalue weighted by molar-refractivity contribution is 5.93. The van der Waals surface area contributed by atoms with Crippen molar-refractivity contribution in [3.8, 4) is 11.1 Å². The maximum atomic E-state index is 13.3. The van der Waals surface area contributed by atoms with E-state index in [1.165, 1.54) is 30.6 Å². The highest BCUT2D eigenvalue weighted by atomic mass is 19.4. The molecule has 4 aromatic rings. The summed E-state index contributed by atoms with van der Waals surface area (Å²) in [5, 5.41) is 3.40. The fraction of sp³-hybridized carbons (Fsp3) is 0.0952. The van der Waals surface area contributed by atoms with Gasteiger partial charge < -0.3 is 5.32 Å². The zero-order valence-corrected chi connectivity index (χ0v) is 15.5. The third-order valence-electron chi connectivity index (χ3n) is 4.55. The summed E-state index contributed by atoms with van der Waals surface area (Å²) in [5.74, 6) is 0.304. The van der Waals surface area contributed by atoms with Crippen LogP contribution in [-0.4, -0.2) is 15.0 Å². The first-order valence-electron chi connectivity index (χ1n) is 8.83. The van der Waals surface area contributed by atoms with Gasteiger partial charge in [-0.1, -0.05) is 6.07 Å². The Labute approximate surface area is 171 Å². The van der Waals surface area contributed by atoms with Crippen LogP contribution in [0.2, 0.25) is 0 Å². The largest absolute Gasteiger partial charge is 0.417 e. The van der Waals surface area contributed by atoms with Gasteiger partial charge in [-0.2, -0.15) is 26.3 Å². The molecule has 0 atom stereocenters. The predicted octanol–water partition coefficient (Wildman–Crippen LogP) is 6.47. The maximum absolute atomic E-state index is 13.3. The van der Waals surface area contributed by atoms with Gasteiger partial charge >= 0.3 is 12.4 Å². The van der Waals surface area contributed by atoms with Gasteiger partial charge in [-0.05, 0) is 48.0 Å². The molecule has 0 saturated carbocycles. The van der Waals surface area contributed by atoms with Gasteiger partial charge in [-0.15, -0.1) is 0 Å². The number of rotatable bonds is 3. The minimum atomic E-state index is -4.55. The van der Waals surface area contributed by atoms with Gasteiger partial charge in [0.25, 0.3) is 0 Å². The fourth-order valence-corrected chi connectivity index (χ4v) is 3.08. The van der Waals surface area contributed by atoms with Crippen LogP contribution in [0, 0.1) is 0 Å². The summed E-state index contributed by atoms with van der Waals surface area (Å²) in [6.45, 7) is 0. The molecule has 0 unspecified atom stereocenters. The van der Waals surface area contributed by atoms with Crippen LogP contribution in [0.4, 0.5) is 37.8 Å². The molecule has 1 N–H and O–H groups in total. The fourth-order valence-electron chi connectivity index (χ4n) is 3.08. The number of nitrogens with zero attached hydrogens (tertiary/aromatic N) is 3. The van der Waals surface area contributed by atoms with Crippen LogP contribution >= 0.6 is 0 Å². The lowest BCUT2D eigenvalue weighted by atomic mass is 10.0. The molecular weight excluding hydrogens is 422 g/mol. The van der Waals surface area contributed by atoms with Crippen LogP contribution in [0.1, 0.15) is 11.1 Å². The van der Waals surface area contributed by atoms with Crippen molar-refractivity contribution in [2.24, 2.45) is 0 Å². The quantitative estimate of drug-likeness (QED) is 0.376. The topological polar surface area (TPSA) is 50.7 Å². The molecule has 0 aliphatic heterocycles. The number of hydrogen-bond donors (Lipinski definition) is 1. The van der Waals surface area contributed by atoms with E-state index >= 15 is 0 Å². The van der Waals surface area contributed by atoms with E-state index in [1.807, 2.05) is 0 Å². The minimum absolute atomic E-state index is 0.0900. The molecule has 2 aromatic carbocycles. The standard InChI is InChI=1S/C21H12F6N4/c22-20(23,24)13-2-4-14(5-3-13)31-19-15-6-1-12(9-18(15)29-11-30-19)16-10-28-8-7-17(16)21(25,26)27/h1-11H,(H,29,30,31). The number of halogens is 6.